The summed E-state index contributed by atoms with van der Waals surface area (Å²) in [5.41, 5.74) is 0.784. The van der Waals surface area contributed by atoms with E-state index in [-0.39, 0.29) is 29.8 Å². The van der Waals surface area contributed by atoms with E-state index < -0.39 is 12.0 Å². The fraction of sp³-hybridized carbons (Fsp3) is 0.375. The Morgan fingerprint density at radius 1 is 1.40 bits per heavy atom. The number of ether oxygens (including phenoxy) is 1. The van der Waals surface area contributed by atoms with Crippen molar-refractivity contribution in [3.63, 3.8) is 0 Å². The first-order valence-electron chi connectivity index (χ1n) is 7.60. The number of hydrogen-bond donors (Lipinski definition) is 2. The van der Waals surface area contributed by atoms with Crippen molar-refractivity contribution in [3.05, 3.63) is 34.9 Å². The van der Waals surface area contributed by atoms with Crippen LogP contribution in [0, 0.1) is 0 Å². The summed E-state index contributed by atoms with van der Waals surface area (Å²) in [4.78, 5) is 37.2. The van der Waals surface area contributed by atoms with Crippen LogP contribution in [0.3, 0.4) is 0 Å². The van der Waals surface area contributed by atoms with Crippen LogP contribution in [0.25, 0.3) is 0 Å². The Labute approximate surface area is 155 Å². The zero-order chi connectivity index (χ0) is 18.4. The van der Waals surface area contributed by atoms with Gasteiger partial charge < -0.3 is 20.3 Å². The maximum Gasteiger partial charge on any atom is 0.308 e. The first-order chi connectivity index (χ1) is 11.9. The van der Waals surface area contributed by atoms with E-state index in [0.29, 0.717) is 18.1 Å². The number of thiocarbonyl (C=S) groups is 1. The molecule has 2 N–H and O–H groups in total. The molecule has 2 rings (SSSR count). The van der Waals surface area contributed by atoms with Gasteiger partial charge in [0.05, 0.1) is 20.0 Å². The Hall–Kier alpha value is -2.19. The van der Waals surface area contributed by atoms with Crippen LogP contribution in [0.15, 0.2) is 24.3 Å². The molecule has 9 heteroatoms. The molecule has 1 aliphatic rings. The standard InChI is InChI=1S/C16H18ClN3O4S/c1-24-14(22)9-12-15(23)18-6-7-20(12)16(25)19-13(21)8-10-2-4-11(17)5-3-10/h2-5,12H,6-9H2,1H3,(H,18,23)(H,19,21,25)/t12-/m0/s1. The number of esters is 1. The van der Waals surface area contributed by atoms with Crippen LogP contribution in [-0.2, 0) is 25.5 Å². The van der Waals surface area contributed by atoms with Crippen molar-refractivity contribution in [3.8, 4) is 0 Å². The summed E-state index contributed by atoms with van der Waals surface area (Å²) in [5.74, 6) is -1.16. The average Bonchev–Trinajstić information content (AvgIpc) is 2.58. The van der Waals surface area contributed by atoms with Gasteiger partial charge in [-0.3, -0.25) is 14.4 Å². The monoisotopic (exact) mass is 383 g/mol. The highest BCUT2D eigenvalue weighted by atomic mass is 35.5. The molecule has 1 heterocycles. The van der Waals surface area contributed by atoms with Crippen molar-refractivity contribution in [2.45, 2.75) is 18.9 Å². The molecule has 0 saturated carbocycles. The molecule has 2 amide bonds. The smallest absolute Gasteiger partial charge is 0.308 e. The van der Waals surface area contributed by atoms with Gasteiger partial charge in [-0.2, -0.15) is 0 Å². The normalized spacial score (nSPS) is 16.8. The minimum absolute atomic E-state index is 0.114. The van der Waals surface area contributed by atoms with Crippen molar-refractivity contribution in [1.82, 2.24) is 15.5 Å². The summed E-state index contributed by atoms with van der Waals surface area (Å²) < 4.78 is 4.61. The SMILES string of the molecule is COC(=O)C[C@H]1C(=O)NCCN1C(=S)NC(=O)Cc1ccc(Cl)cc1. The molecule has 1 fully saturated rings. The van der Waals surface area contributed by atoms with E-state index in [1.54, 1.807) is 24.3 Å². The van der Waals surface area contributed by atoms with Gasteiger partial charge in [0, 0.05) is 18.1 Å². The Balaban J connectivity index is 1.99. The molecule has 0 bridgehead atoms. The van der Waals surface area contributed by atoms with Crippen molar-refractivity contribution in [2.75, 3.05) is 20.2 Å². The Kier molecular flexibility index (Phi) is 6.72. The van der Waals surface area contributed by atoms with Gasteiger partial charge in [-0.05, 0) is 29.9 Å². The molecule has 0 aromatic heterocycles. The van der Waals surface area contributed by atoms with Crippen LogP contribution in [0.4, 0.5) is 0 Å². The van der Waals surface area contributed by atoms with E-state index in [1.807, 2.05) is 0 Å². The van der Waals surface area contributed by atoms with Gasteiger partial charge in [-0.15, -0.1) is 0 Å². The topological polar surface area (TPSA) is 87.7 Å². The lowest BCUT2D eigenvalue weighted by Crippen LogP contribution is -2.60. The van der Waals surface area contributed by atoms with Gasteiger partial charge in [0.2, 0.25) is 11.8 Å². The van der Waals surface area contributed by atoms with E-state index in [4.69, 9.17) is 23.8 Å². The number of piperazine rings is 1. The van der Waals surface area contributed by atoms with Crippen molar-refractivity contribution in [1.29, 1.82) is 0 Å². The number of benzene rings is 1. The zero-order valence-electron chi connectivity index (χ0n) is 13.6. The maximum atomic E-state index is 12.2. The number of nitrogens with zero attached hydrogens (tertiary/aromatic N) is 1. The van der Waals surface area contributed by atoms with E-state index >= 15 is 0 Å². The third kappa shape index (κ3) is 5.40. The molecular formula is C16H18ClN3O4S. The second-order valence-electron chi connectivity index (χ2n) is 5.44. The van der Waals surface area contributed by atoms with Crippen molar-refractivity contribution >= 4 is 46.7 Å². The number of amides is 2. The molecule has 134 valence electrons. The Morgan fingerprint density at radius 2 is 2.08 bits per heavy atom. The average molecular weight is 384 g/mol. The van der Waals surface area contributed by atoms with Gasteiger partial charge in [-0.1, -0.05) is 23.7 Å². The second kappa shape index (κ2) is 8.77. The molecule has 25 heavy (non-hydrogen) atoms. The quantitative estimate of drug-likeness (QED) is 0.586. The summed E-state index contributed by atoms with van der Waals surface area (Å²) in [6.07, 6.45) is -0.0193. The third-order valence-electron chi connectivity index (χ3n) is 3.70. The predicted octanol–water partition coefficient (Wildman–Crippen LogP) is 0.647. The molecule has 1 aromatic carbocycles. The first kappa shape index (κ1) is 19.1. The van der Waals surface area contributed by atoms with Crippen LogP contribution in [0.1, 0.15) is 12.0 Å². The highest BCUT2D eigenvalue weighted by Gasteiger charge is 2.33. The van der Waals surface area contributed by atoms with Crippen LogP contribution in [-0.4, -0.2) is 54.0 Å². The number of halogens is 1. The number of hydrogen-bond acceptors (Lipinski definition) is 5. The Morgan fingerprint density at radius 3 is 2.72 bits per heavy atom. The van der Waals surface area contributed by atoms with Crippen molar-refractivity contribution in [2.24, 2.45) is 0 Å². The summed E-state index contributed by atoms with van der Waals surface area (Å²) >= 11 is 11.1. The van der Waals surface area contributed by atoms with Gasteiger partial charge in [0.25, 0.3) is 0 Å². The third-order valence-corrected chi connectivity index (χ3v) is 4.29. The molecule has 0 spiro atoms. The van der Waals surface area contributed by atoms with Crippen LogP contribution >= 0.6 is 23.8 Å². The van der Waals surface area contributed by atoms with Gasteiger partial charge in [-0.25, -0.2) is 0 Å². The molecular weight excluding hydrogens is 366 g/mol. The van der Waals surface area contributed by atoms with Crippen molar-refractivity contribution < 1.29 is 19.1 Å². The predicted molar refractivity (Wildman–Crippen MR) is 96.0 cm³/mol. The number of rotatable bonds is 4. The number of carbonyl (C=O) groups is 3. The second-order valence-corrected chi connectivity index (χ2v) is 6.26. The summed E-state index contributed by atoms with van der Waals surface area (Å²) in [7, 11) is 1.25. The van der Waals surface area contributed by atoms with E-state index in [1.165, 1.54) is 12.0 Å². The lowest BCUT2D eigenvalue weighted by atomic mass is 10.1. The molecule has 0 unspecified atom stereocenters. The van der Waals surface area contributed by atoms with Crippen LogP contribution < -0.4 is 10.6 Å². The largest absolute Gasteiger partial charge is 0.469 e. The summed E-state index contributed by atoms with van der Waals surface area (Å²) in [6.45, 7) is 0.775. The molecule has 0 aliphatic carbocycles. The zero-order valence-corrected chi connectivity index (χ0v) is 15.2. The van der Waals surface area contributed by atoms with Gasteiger partial charge in [0.1, 0.15) is 6.04 Å². The van der Waals surface area contributed by atoms with E-state index in [0.717, 1.165) is 5.56 Å². The van der Waals surface area contributed by atoms with Crippen LogP contribution in [0.5, 0.6) is 0 Å². The fourth-order valence-corrected chi connectivity index (χ4v) is 2.88. The number of carbonyl (C=O) groups excluding carboxylic acids is 3. The van der Waals surface area contributed by atoms with Crippen LogP contribution in [0.2, 0.25) is 5.02 Å². The highest BCUT2D eigenvalue weighted by molar-refractivity contribution is 7.80. The molecule has 1 aliphatic heterocycles. The first-order valence-corrected chi connectivity index (χ1v) is 8.38. The lowest BCUT2D eigenvalue weighted by molar-refractivity contribution is -0.144. The molecule has 1 aromatic rings. The van der Waals surface area contributed by atoms with E-state index in [2.05, 4.69) is 15.4 Å². The number of nitrogens with one attached hydrogen (secondary N) is 2. The fourth-order valence-electron chi connectivity index (χ4n) is 2.42. The van der Waals surface area contributed by atoms with Gasteiger partial charge >= 0.3 is 5.97 Å². The highest BCUT2D eigenvalue weighted by Crippen LogP contribution is 2.12. The minimum Gasteiger partial charge on any atom is -0.469 e. The number of methoxy groups -OCH3 is 1. The lowest BCUT2D eigenvalue weighted by Gasteiger charge is -2.36. The van der Waals surface area contributed by atoms with Gasteiger partial charge in [0.15, 0.2) is 5.11 Å². The summed E-state index contributed by atoms with van der Waals surface area (Å²) in [6, 6.07) is 6.09. The minimum atomic E-state index is -0.801. The molecule has 0 radical (unpaired) electrons. The maximum absolute atomic E-state index is 12.2. The Bertz CT molecular complexity index is 680. The summed E-state index contributed by atoms with van der Waals surface area (Å²) in [5, 5.41) is 5.98. The van der Waals surface area contributed by atoms with E-state index in [9.17, 15) is 14.4 Å². The molecule has 1 saturated heterocycles. The molecule has 7 nitrogen and oxygen atoms in total. The molecule has 1 atom stereocenters.